The van der Waals surface area contributed by atoms with Crippen molar-refractivity contribution in [2.45, 2.75) is 24.4 Å². The van der Waals surface area contributed by atoms with E-state index >= 15 is 0 Å². The third-order valence-electron chi connectivity index (χ3n) is 5.67. The number of rotatable bonds is 9. The second-order valence-corrected chi connectivity index (χ2v) is 9.02. The molecule has 0 saturated heterocycles. The molecule has 0 aliphatic rings. The summed E-state index contributed by atoms with van der Waals surface area (Å²) >= 11 is 1.55. The first-order valence-electron chi connectivity index (χ1n) is 11.4. The topological polar surface area (TPSA) is 102 Å². The fourth-order valence-electron chi connectivity index (χ4n) is 3.90. The van der Waals surface area contributed by atoms with Crippen LogP contribution in [0.4, 0.5) is 5.69 Å². The molecule has 4 rings (SSSR count). The van der Waals surface area contributed by atoms with Crippen molar-refractivity contribution in [1.82, 2.24) is 14.5 Å². The van der Waals surface area contributed by atoms with Crippen molar-refractivity contribution in [2.75, 3.05) is 18.1 Å². The van der Waals surface area contributed by atoms with Crippen LogP contribution in [0.25, 0.3) is 10.9 Å². The molecule has 184 valence electrons. The van der Waals surface area contributed by atoms with E-state index in [-0.39, 0.29) is 11.9 Å². The summed E-state index contributed by atoms with van der Waals surface area (Å²) in [6, 6.07) is 23.6. The van der Waals surface area contributed by atoms with Crippen LogP contribution in [0.2, 0.25) is 0 Å². The number of hydrogen-bond acceptors (Lipinski definition) is 5. The average Bonchev–Trinajstić information content (AvgIpc) is 2.90. The maximum Gasteiger partial charge on any atom is 0.332 e. The van der Waals surface area contributed by atoms with Gasteiger partial charge in [0.1, 0.15) is 13.1 Å². The Morgan fingerprint density at radius 1 is 0.833 bits per heavy atom. The van der Waals surface area contributed by atoms with Crippen LogP contribution < -0.4 is 21.9 Å². The van der Waals surface area contributed by atoms with Gasteiger partial charge in [0.2, 0.25) is 11.8 Å². The van der Waals surface area contributed by atoms with E-state index in [0.717, 1.165) is 15.0 Å². The Morgan fingerprint density at radius 3 is 2.33 bits per heavy atom. The second kappa shape index (κ2) is 11.5. The van der Waals surface area contributed by atoms with Crippen molar-refractivity contribution in [1.29, 1.82) is 0 Å². The number of para-hydroxylation sites is 1. The van der Waals surface area contributed by atoms with E-state index in [0.29, 0.717) is 24.2 Å². The molecule has 0 saturated carbocycles. The molecule has 0 unspecified atom stereocenters. The van der Waals surface area contributed by atoms with E-state index in [1.807, 2.05) is 54.8 Å². The Kier molecular flexibility index (Phi) is 8.02. The first kappa shape index (κ1) is 25.0. The molecular weight excluding hydrogens is 476 g/mol. The van der Waals surface area contributed by atoms with Gasteiger partial charge in [-0.1, -0.05) is 48.5 Å². The van der Waals surface area contributed by atoms with E-state index in [4.69, 9.17) is 0 Å². The van der Waals surface area contributed by atoms with Crippen LogP contribution >= 0.6 is 11.8 Å². The van der Waals surface area contributed by atoms with E-state index in [1.165, 1.54) is 4.57 Å². The molecule has 8 nitrogen and oxygen atoms in total. The summed E-state index contributed by atoms with van der Waals surface area (Å²) in [6.45, 7) is -0.371. The molecule has 0 spiro atoms. The highest BCUT2D eigenvalue weighted by molar-refractivity contribution is 7.98. The molecule has 36 heavy (non-hydrogen) atoms. The van der Waals surface area contributed by atoms with Crippen LogP contribution in [0.3, 0.4) is 0 Å². The van der Waals surface area contributed by atoms with Gasteiger partial charge in [0.15, 0.2) is 0 Å². The lowest BCUT2D eigenvalue weighted by Crippen LogP contribution is -2.45. The van der Waals surface area contributed by atoms with Crippen molar-refractivity contribution in [3.05, 3.63) is 105 Å². The van der Waals surface area contributed by atoms with Gasteiger partial charge in [-0.2, -0.15) is 0 Å². The maximum atomic E-state index is 13.3. The molecule has 2 N–H and O–H groups in total. The number of carbonyl (C=O) groups excluding carboxylic acids is 2. The standard InChI is InChI=1S/C27H26N4O4S/c1-36-21-11-7-10-20(16-21)29-25(33)18-30-23-13-6-5-12-22(23)26(34)31(27(30)35)17-24(32)28-15-14-19-8-3-2-4-9-19/h2-13,16H,14-15,17-18H2,1H3,(H,28,32)(H,29,33). The first-order chi connectivity index (χ1) is 17.5. The molecule has 1 heterocycles. The Morgan fingerprint density at radius 2 is 1.56 bits per heavy atom. The number of fused-ring (bicyclic) bond motifs is 1. The number of amides is 2. The highest BCUT2D eigenvalue weighted by Crippen LogP contribution is 2.19. The van der Waals surface area contributed by atoms with Gasteiger partial charge in [0, 0.05) is 17.1 Å². The van der Waals surface area contributed by atoms with Crippen molar-refractivity contribution in [2.24, 2.45) is 0 Å². The lowest BCUT2D eigenvalue weighted by Gasteiger charge is -2.14. The van der Waals surface area contributed by atoms with Gasteiger partial charge in [0.05, 0.1) is 10.9 Å². The Labute approximate surface area is 212 Å². The Balaban J connectivity index is 1.55. The smallest absolute Gasteiger partial charge is 0.332 e. The Bertz CT molecular complexity index is 1510. The van der Waals surface area contributed by atoms with Crippen molar-refractivity contribution in [3.8, 4) is 0 Å². The molecule has 1 aromatic heterocycles. The minimum absolute atomic E-state index is 0.256. The Hall–Kier alpha value is -4.11. The highest BCUT2D eigenvalue weighted by atomic mass is 32.2. The minimum Gasteiger partial charge on any atom is -0.354 e. The monoisotopic (exact) mass is 502 g/mol. The zero-order valence-electron chi connectivity index (χ0n) is 19.8. The largest absolute Gasteiger partial charge is 0.354 e. The molecule has 0 fully saturated rings. The number of hydrogen-bond donors (Lipinski definition) is 2. The van der Waals surface area contributed by atoms with Crippen molar-refractivity contribution in [3.63, 3.8) is 0 Å². The summed E-state index contributed by atoms with van der Waals surface area (Å²) in [4.78, 5) is 52.7. The van der Waals surface area contributed by atoms with Crippen molar-refractivity contribution >= 4 is 40.2 Å². The first-order valence-corrected chi connectivity index (χ1v) is 12.7. The number of benzene rings is 3. The van der Waals surface area contributed by atoms with Gasteiger partial charge in [-0.15, -0.1) is 11.8 Å². The summed E-state index contributed by atoms with van der Waals surface area (Å²) in [6.07, 6.45) is 2.56. The third kappa shape index (κ3) is 5.92. The number of anilines is 1. The molecule has 0 aliphatic heterocycles. The van der Waals surface area contributed by atoms with E-state index < -0.39 is 29.6 Å². The lowest BCUT2D eigenvalue weighted by atomic mass is 10.1. The third-order valence-corrected chi connectivity index (χ3v) is 6.39. The summed E-state index contributed by atoms with van der Waals surface area (Å²) < 4.78 is 2.10. The maximum absolute atomic E-state index is 13.3. The molecule has 0 radical (unpaired) electrons. The van der Waals surface area contributed by atoms with Gasteiger partial charge < -0.3 is 10.6 Å². The SMILES string of the molecule is CSc1cccc(NC(=O)Cn2c(=O)n(CC(=O)NCCc3ccccc3)c(=O)c3ccccc32)c1. The predicted molar refractivity (Wildman–Crippen MR) is 142 cm³/mol. The summed E-state index contributed by atoms with van der Waals surface area (Å²) in [5.41, 5.74) is 0.719. The number of thioether (sulfide) groups is 1. The zero-order valence-corrected chi connectivity index (χ0v) is 20.6. The molecular formula is C27H26N4O4S. The number of nitrogens with zero attached hydrogens (tertiary/aromatic N) is 2. The minimum atomic E-state index is -0.718. The van der Waals surface area contributed by atoms with Crippen molar-refractivity contribution < 1.29 is 9.59 Å². The second-order valence-electron chi connectivity index (χ2n) is 8.14. The molecule has 0 bridgehead atoms. The molecule has 2 amide bonds. The molecule has 3 aromatic carbocycles. The summed E-state index contributed by atoms with van der Waals surface area (Å²) in [5, 5.41) is 5.81. The van der Waals surface area contributed by atoms with E-state index in [9.17, 15) is 19.2 Å². The zero-order chi connectivity index (χ0) is 25.5. The van der Waals surface area contributed by atoms with E-state index in [1.54, 1.807) is 42.1 Å². The molecule has 9 heteroatoms. The molecule has 0 aliphatic carbocycles. The molecule has 0 atom stereocenters. The highest BCUT2D eigenvalue weighted by Gasteiger charge is 2.17. The number of carbonyl (C=O) groups is 2. The molecule has 4 aromatic rings. The fraction of sp³-hybridized carbons (Fsp3) is 0.185. The van der Waals surface area contributed by atoms with Gasteiger partial charge in [-0.3, -0.25) is 23.5 Å². The average molecular weight is 503 g/mol. The lowest BCUT2D eigenvalue weighted by molar-refractivity contribution is -0.121. The fourth-order valence-corrected chi connectivity index (χ4v) is 4.36. The van der Waals surface area contributed by atoms with Gasteiger partial charge in [-0.25, -0.2) is 4.79 Å². The van der Waals surface area contributed by atoms with E-state index in [2.05, 4.69) is 10.6 Å². The van der Waals surface area contributed by atoms with Gasteiger partial charge in [-0.05, 0) is 48.6 Å². The number of aromatic nitrogens is 2. The van der Waals surface area contributed by atoms with Crippen LogP contribution in [0.15, 0.2) is 93.3 Å². The van der Waals surface area contributed by atoms with Gasteiger partial charge >= 0.3 is 5.69 Å². The normalized spacial score (nSPS) is 10.8. The summed E-state index contributed by atoms with van der Waals surface area (Å²) in [7, 11) is 0. The quantitative estimate of drug-likeness (QED) is 0.343. The van der Waals surface area contributed by atoms with Crippen LogP contribution in [0, 0.1) is 0 Å². The van der Waals surface area contributed by atoms with Crippen LogP contribution in [0.5, 0.6) is 0 Å². The van der Waals surface area contributed by atoms with Gasteiger partial charge in [0.25, 0.3) is 5.56 Å². The van der Waals surface area contributed by atoms with Crippen LogP contribution in [0.1, 0.15) is 5.56 Å². The van der Waals surface area contributed by atoms with Crippen LogP contribution in [-0.4, -0.2) is 33.7 Å². The number of nitrogens with one attached hydrogen (secondary N) is 2. The van der Waals surface area contributed by atoms with Crippen LogP contribution in [-0.2, 0) is 29.1 Å². The summed E-state index contributed by atoms with van der Waals surface area (Å²) in [5.74, 6) is -0.872. The predicted octanol–water partition coefficient (Wildman–Crippen LogP) is 2.88.